The molecule has 0 aromatic carbocycles. The summed E-state index contributed by atoms with van der Waals surface area (Å²) < 4.78 is 14.2. The summed E-state index contributed by atoms with van der Waals surface area (Å²) in [5.41, 5.74) is 0. The van der Waals surface area contributed by atoms with Gasteiger partial charge in [-0.25, -0.2) is 0 Å². The summed E-state index contributed by atoms with van der Waals surface area (Å²) in [5, 5.41) is 24.2. The van der Waals surface area contributed by atoms with Gasteiger partial charge < -0.3 is 29.5 Å². The van der Waals surface area contributed by atoms with E-state index in [1.165, 1.54) is 0 Å². The van der Waals surface area contributed by atoms with Crippen molar-refractivity contribution in [3.05, 3.63) is 0 Å². The molecular formula is C12H30AlO6. The number of hydrogen-bond acceptors (Lipinski definition) is 6. The zero-order valence-corrected chi connectivity index (χ0v) is 13.7. The molecule has 0 amide bonds. The second-order valence-corrected chi connectivity index (χ2v) is 2.76. The van der Waals surface area contributed by atoms with Crippen LogP contribution in [-0.2, 0) is 14.2 Å². The first kappa shape index (κ1) is 27.6. The molecule has 0 aromatic heterocycles. The van der Waals surface area contributed by atoms with Crippen LogP contribution in [0.15, 0.2) is 0 Å². The van der Waals surface area contributed by atoms with Crippen LogP contribution in [0, 0.1) is 0 Å². The quantitative estimate of drug-likeness (QED) is 0.399. The van der Waals surface area contributed by atoms with E-state index in [1.54, 1.807) is 0 Å². The van der Waals surface area contributed by atoms with Gasteiger partial charge in [0.1, 0.15) is 0 Å². The van der Waals surface area contributed by atoms with Gasteiger partial charge in [0, 0.05) is 37.2 Å². The monoisotopic (exact) mass is 297 g/mol. The van der Waals surface area contributed by atoms with Crippen molar-refractivity contribution in [3.63, 3.8) is 0 Å². The summed E-state index contributed by atoms with van der Waals surface area (Å²) in [6, 6.07) is 0. The molecule has 0 aliphatic heterocycles. The van der Waals surface area contributed by atoms with Crippen LogP contribution in [0.5, 0.6) is 0 Å². The topological polar surface area (TPSA) is 88.4 Å². The molecule has 117 valence electrons. The number of hydrogen-bond donors (Lipinski definition) is 3. The van der Waals surface area contributed by atoms with E-state index in [9.17, 15) is 0 Å². The normalized spacial score (nSPS) is 8.53. The lowest BCUT2D eigenvalue weighted by molar-refractivity contribution is 0.102. The van der Waals surface area contributed by atoms with Gasteiger partial charge >= 0.3 is 0 Å². The molecule has 0 heterocycles. The van der Waals surface area contributed by atoms with Crippen LogP contribution in [0.4, 0.5) is 0 Å². The van der Waals surface area contributed by atoms with Gasteiger partial charge in [-0.15, -0.1) is 0 Å². The van der Waals surface area contributed by atoms with Crippen LogP contribution in [0.25, 0.3) is 0 Å². The van der Waals surface area contributed by atoms with Gasteiger partial charge in [-0.1, -0.05) is 0 Å². The lowest BCUT2D eigenvalue weighted by Crippen LogP contribution is -1.96. The molecule has 0 bridgehead atoms. The molecule has 3 N–H and O–H groups in total. The molecule has 6 nitrogen and oxygen atoms in total. The molecule has 0 atom stereocenters. The molecule has 0 saturated heterocycles. The van der Waals surface area contributed by atoms with Crippen molar-refractivity contribution >= 4 is 17.4 Å². The van der Waals surface area contributed by atoms with Crippen LogP contribution in [0.3, 0.4) is 0 Å². The van der Waals surface area contributed by atoms with E-state index in [0.717, 1.165) is 0 Å². The minimum atomic E-state index is 0. The number of aliphatic hydroxyl groups is 3. The van der Waals surface area contributed by atoms with Crippen LogP contribution < -0.4 is 0 Å². The molecule has 0 spiro atoms. The molecule has 0 unspecified atom stereocenters. The Morgan fingerprint density at radius 1 is 0.579 bits per heavy atom. The fraction of sp³-hybridized carbons (Fsp3) is 1.00. The van der Waals surface area contributed by atoms with Gasteiger partial charge in [0.05, 0.1) is 39.6 Å². The summed E-state index contributed by atoms with van der Waals surface area (Å²) in [7, 11) is 0. The Labute approximate surface area is 127 Å². The Balaban J connectivity index is -0.0000000865. The predicted molar refractivity (Wildman–Crippen MR) is 76.5 cm³/mol. The highest BCUT2D eigenvalue weighted by molar-refractivity contribution is 5.75. The van der Waals surface area contributed by atoms with Crippen LogP contribution in [0.1, 0.15) is 20.8 Å². The number of ether oxygens (including phenoxy) is 3. The Hall–Kier alpha value is 0.292. The molecule has 7 heteroatoms. The second-order valence-electron chi connectivity index (χ2n) is 2.76. The van der Waals surface area contributed by atoms with Gasteiger partial charge in [0.2, 0.25) is 0 Å². The third kappa shape index (κ3) is 56.2. The maximum atomic E-state index is 8.07. The molecule has 0 aliphatic carbocycles. The fourth-order valence-corrected chi connectivity index (χ4v) is 0.627. The number of aliphatic hydroxyl groups excluding tert-OH is 3. The summed E-state index contributed by atoms with van der Waals surface area (Å²) in [6.45, 7) is 9.59. The van der Waals surface area contributed by atoms with Crippen molar-refractivity contribution in [2.45, 2.75) is 20.8 Å². The van der Waals surface area contributed by atoms with Crippen LogP contribution in [0.2, 0.25) is 0 Å². The van der Waals surface area contributed by atoms with Crippen molar-refractivity contribution in [2.75, 3.05) is 59.5 Å². The lowest BCUT2D eigenvalue weighted by atomic mass is 10.8. The average Bonchev–Trinajstić information content (AvgIpc) is 2.42. The molecule has 0 aromatic rings. The van der Waals surface area contributed by atoms with E-state index in [2.05, 4.69) is 0 Å². The third-order valence-corrected chi connectivity index (χ3v) is 1.32. The van der Waals surface area contributed by atoms with Gasteiger partial charge in [0.25, 0.3) is 0 Å². The first-order valence-electron chi connectivity index (χ1n) is 6.30. The summed E-state index contributed by atoms with van der Waals surface area (Å²) >= 11 is 0. The van der Waals surface area contributed by atoms with Gasteiger partial charge in [-0.3, -0.25) is 0 Å². The van der Waals surface area contributed by atoms with Gasteiger partial charge in [0.15, 0.2) is 0 Å². The zero-order valence-electron chi connectivity index (χ0n) is 12.5. The van der Waals surface area contributed by atoms with E-state index < -0.39 is 0 Å². The maximum Gasteiger partial charge on any atom is 0.0697 e. The standard InChI is InChI=1S/3C4H10O2.Al/c3*1-2-6-4-3-5;/h3*5H,2-4H2,1H3;. The third-order valence-electron chi connectivity index (χ3n) is 1.32. The highest BCUT2D eigenvalue weighted by Crippen LogP contribution is 1.67. The molecule has 19 heavy (non-hydrogen) atoms. The van der Waals surface area contributed by atoms with Gasteiger partial charge in [-0.05, 0) is 20.8 Å². The van der Waals surface area contributed by atoms with E-state index in [4.69, 9.17) is 29.5 Å². The van der Waals surface area contributed by atoms with Crippen molar-refractivity contribution in [2.24, 2.45) is 0 Å². The molecule has 0 aliphatic rings. The van der Waals surface area contributed by atoms with Crippen molar-refractivity contribution in [1.29, 1.82) is 0 Å². The highest BCUT2D eigenvalue weighted by atomic mass is 27.0. The van der Waals surface area contributed by atoms with E-state index in [0.29, 0.717) is 39.6 Å². The smallest absolute Gasteiger partial charge is 0.0697 e. The first-order chi connectivity index (χ1) is 8.74. The largest absolute Gasteiger partial charge is 0.394 e. The molecule has 3 radical (unpaired) electrons. The van der Waals surface area contributed by atoms with Crippen LogP contribution >= 0.6 is 0 Å². The van der Waals surface area contributed by atoms with Crippen molar-refractivity contribution < 1.29 is 29.5 Å². The van der Waals surface area contributed by atoms with Gasteiger partial charge in [-0.2, -0.15) is 0 Å². The Morgan fingerprint density at radius 3 is 0.842 bits per heavy atom. The van der Waals surface area contributed by atoms with Crippen molar-refractivity contribution in [1.82, 2.24) is 0 Å². The minimum Gasteiger partial charge on any atom is -0.394 e. The predicted octanol–water partition coefficient (Wildman–Crippen LogP) is -0.335. The van der Waals surface area contributed by atoms with Crippen molar-refractivity contribution in [3.8, 4) is 0 Å². The Bertz CT molecular complexity index is 77.2. The van der Waals surface area contributed by atoms with E-state index >= 15 is 0 Å². The molecule has 0 fully saturated rings. The maximum absolute atomic E-state index is 8.07. The second kappa shape index (κ2) is 36.2. The lowest BCUT2D eigenvalue weighted by Gasteiger charge is -1.91. The molecular weight excluding hydrogens is 267 g/mol. The average molecular weight is 297 g/mol. The molecule has 0 saturated carbocycles. The van der Waals surface area contributed by atoms with Crippen LogP contribution in [-0.4, -0.2) is 92.1 Å². The highest BCUT2D eigenvalue weighted by Gasteiger charge is 1.74. The minimum absolute atomic E-state index is 0. The Morgan fingerprint density at radius 2 is 0.789 bits per heavy atom. The van der Waals surface area contributed by atoms with E-state index in [-0.39, 0.29) is 37.2 Å². The fourth-order valence-electron chi connectivity index (χ4n) is 0.627. The molecule has 0 rings (SSSR count). The van der Waals surface area contributed by atoms with E-state index in [1.807, 2.05) is 20.8 Å². The summed E-state index contributed by atoms with van der Waals surface area (Å²) in [5.74, 6) is 0. The Kier molecular flexibility index (Phi) is 52.6. The summed E-state index contributed by atoms with van der Waals surface area (Å²) in [6.07, 6.45) is 0. The SMILES string of the molecule is CCOCCO.CCOCCO.CCOCCO.[Al]. The first-order valence-corrected chi connectivity index (χ1v) is 6.30. The zero-order chi connectivity index (χ0) is 14.5. The summed E-state index contributed by atoms with van der Waals surface area (Å²) in [4.78, 5) is 0. The number of rotatable bonds is 9.